The molecule has 0 saturated carbocycles. The van der Waals surface area contributed by atoms with Gasteiger partial charge in [0.1, 0.15) is 0 Å². The number of esters is 1. The number of hydrogen-bond donors (Lipinski definition) is 0. The lowest BCUT2D eigenvalue weighted by Crippen LogP contribution is -1.99. The molecule has 1 atom stereocenters. The van der Waals surface area contributed by atoms with Crippen molar-refractivity contribution in [3.8, 4) is 0 Å². The predicted octanol–water partition coefficient (Wildman–Crippen LogP) is 4.90. The van der Waals surface area contributed by atoms with Crippen molar-refractivity contribution in [3.63, 3.8) is 0 Å². The second-order valence-electron chi connectivity index (χ2n) is 5.71. The lowest BCUT2D eigenvalue weighted by molar-refractivity contribution is -0.137. The Balaban J connectivity index is 3.90. The first-order valence-electron chi connectivity index (χ1n) is 7.47. The van der Waals surface area contributed by atoms with E-state index in [1.807, 2.05) is 19.9 Å². The molecule has 0 heterocycles. The summed E-state index contributed by atoms with van der Waals surface area (Å²) < 4.78 is 4.87. The third kappa shape index (κ3) is 11.8. The molecule has 0 saturated heterocycles. The van der Waals surface area contributed by atoms with Crippen molar-refractivity contribution in [2.24, 2.45) is 11.8 Å². The summed E-state index contributed by atoms with van der Waals surface area (Å²) in [6.45, 7) is 11.0. The van der Waals surface area contributed by atoms with Crippen LogP contribution in [0.25, 0.3) is 0 Å². The van der Waals surface area contributed by atoms with Crippen LogP contribution in [0.3, 0.4) is 0 Å². The molecule has 2 nitrogen and oxygen atoms in total. The van der Waals surface area contributed by atoms with Crippen molar-refractivity contribution in [1.82, 2.24) is 0 Å². The predicted molar refractivity (Wildman–Crippen MR) is 82.0 cm³/mol. The first-order chi connectivity index (χ1) is 8.95. The van der Waals surface area contributed by atoms with Crippen LogP contribution >= 0.6 is 0 Å². The van der Waals surface area contributed by atoms with Crippen LogP contribution in [0.5, 0.6) is 0 Å². The van der Waals surface area contributed by atoms with Gasteiger partial charge in [0.2, 0.25) is 0 Å². The second kappa shape index (κ2) is 10.8. The quantitative estimate of drug-likeness (QED) is 0.337. The van der Waals surface area contributed by atoms with Gasteiger partial charge in [-0.3, -0.25) is 0 Å². The molecule has 0 N–H and O–H groups in total. The van der Waals surface area contributed by atoms with Crippen LogP contribution in [0.1, 0.15) is 60.3 Å². The molecule has 0 aliphatic heterocycles. The molecule has 2 heteroatoms. The second-order valence-corrected chi connectivity index (χ2v) is 5.71. The van der Waals surface area contributed by atoms with E-state index in [2.05, 4.69) is 26.8 Å². The molecule has 0 aliphatic carbocycles. The third-order valence-corrected chi connectivity index (χ3v) is 3.03. The van der Waals surface area contributed by atoms with E-state index in [0.717, 1.165) is 17.9 Å². The van der Waals surface area contributed by atoms with Gasteiger partial charge in [0.25, 0.3) is 0 Å². The number of allylic oxidation sites excluding steroid dienone is 3. The van der Waals surface area contributed by atoms with Gasteiger partial charge in [0.15, 0.2) is 0 Å². The molecule has 1 unspecified atom stereocenters. The van der Waals surface area contributed by atoms with Gasteiger partial charge in [-0.2, -0.15) is 0 Å². The lowest BCUT2D eigenvalue weighted by Gasteiger charge is -2.09. The average molecular weight is 266 g/mol. The summed E-state index contributed by atoms with van der Waals surface area (Å²) in [5.74, 6) is 1.26. The minimum absolute atomic E-state index is 0.255. The zero-order valence-corrected chi connectivity index (χ0v) is 13.2. The number of hydrogen-bond acceptors (Lipinski definition) is 2. The number of carbonyl (C=O) groups is 1. The van der Waals surface area contributed by atoms with Crippen LogP contribution in [0, 0.1) is 11.8 Å². The fourth-order valence-corrected chi connectivity index (χ4v) is 1.90. The largest absolute Gasteiger partial charge is 0.463 e. The highest BCUT2D eigenvalue weighted by atomic mass is 16.5. The minimum Gasteiger partial charge on any atom is -0.463 e. The Morgan fingerprint density at radius 3 is 2.47 bits per heavy atom. The highest BCUT2D eigenvalue weighted by molar-refractivity contribution is 5.83. The highest BCUT2D eigenvalue weighted by Crippen LogP contribution is 2.15. The Morgan fingerprint density at radius 2 is 1.89 bits per heavy atom. The molecular formula is C17H30O2. The topological polar surface area (TPSA) is 26.3 Å². The van der Waals surface area contributed by atoms with Gasteiger partial charge in [-0.05, 0) is 37.7 Å². The third-order valence-electron chi connectivity index (χ3n) is 3.03. The molecule has 0 aromatic heterocycles. The van der Waals surface area contributed by atoms with Crippen molar-refractivity contribution >= 4 is 5.97 Å². The molecule has 110 valence electrons. The lowest BCUT2D eigenvalue weighted by atomic mass is 9.97. The first kappa shape index (κ1) is 17.9. The summed E-state index contributed by atoms with van der Waals surface area (Å²) >= 11 is 0. The summed E-state index contributed by atoms with van der Waals surface area (Å²) in [5.41, 5.74) is 0.952. The van der Waals surface area contributed by atoms with Gasteiger partial charge in [-0.1, -0.05) is 52.2 Å². The van der Waals surface area contributed by atoms with E-state index < -0.39 is 0 Å². The first-order valence-corrected chi connectivity index (χ1v) is 7.47. The van der Waals surface area contributed by atoms with Crippen molar-refractivity contribution in [1.29, 1.82) is 0 Å². The zero-order chi connectivity index (χ0) is 14.7. The van der Waals surface area contributed by atoms with E-state index in [-0.39, 0.29) is 5.97 Å². The number of rotatable bonds is 9. The van der Waals surface area contributed by atoms with Gasteiger partial charge >= 0.3 is 5.97 Å². The van der Waals surface area contributed by atoms with Crippen LogP contribution in [0.4, 0.5) is 0 Å². The van der Waals surface area contributed by atoms with E-state index >= 15 is 0 Å². The van der Waals surface area contributed by atoms with Crippen molar-refractivity contribution in [2.45, 2.75) is 60.3 Å². The van der Waals surface area contributed by atoms with E-state index in [0.29, 0.717) is 12.5 Å². The Morgan fingerprint density at radius 1 is 1.21 bits per heavy atom. The van der Waals surface area contributed by atoms with Crippen LogP contribution in [0.15, 0.2) is 23.8 Å². The minimum atomic E-state index is -0.255. The summed E-state index contributed by atoms with van der Waals surface area (Å²) in [4.78, 5) is 11.2. The highest BCUT2D eigenvalue weighted by Gasteiger charge is 2.01. The summed E-state index contributed by atoms with van der Waals surface area (Å²) in [6.07, 6.45) is 10.7. The summed E-state index contributed by atoms with van der Waals surface area (Å²) in [6, 6.07) is 0. The Kier molecular flexibility index (Phi) is 10.2. The molecule has 0 fully saturated rings. The number of ether oxygens (including phenoxy) is 1. The maximum Gasteiger partial charge on any atom is 0.330 e. The molecule has 0 radical (unpaired) electrons. The zero-order valence-electron chi connectivity index (χ0n) is 13.2. The average Bonchev–Trinajstić information content (AvgIpc) is 2.28. The Hall–Kier alpha value is -1.05. The van der Waals surface area contributed by atoms with E-state index in [4.69, 9.17) is 4.74 Å². The molecule has 0 aliphatic rings. The number of carbonyl (C=O) groups excluding carboxylic acids is 1. The molecule has 0 amide bonds. The Bertz CT molecular complexity index is 300. The fraction of sp³-hybridized carbons (Fsp3) is 0.706. The molecule has 0 bridgehead atoms. The van der Waals surface area contributed by atoms with Gasteiger partial charge < -0.3 is 4.74 Å². The van der Waals surface area contributed by atoms with Crippen molar-refractivity contribution in [2.75, 3.05) is 6.61 Å². The van der Waals surface area contributed by atoms with Crippen molar-refractivity contribution in [3.05, 3.63) is 23.8 Å². The fourth-order valence-electron chi connectivity index (χ4n) is 1.90. The van der Waals surface area contributed by atoms with E-state index in [1.165, 1.54) is 19.3 Å². The summed E-state index contributed by atoms with van der Waals surface area (Å²) in [5, 5.41) is 0. The Labute approximate surface area is 118 Å². The van der Waals surface area contributed by atoms with Gasteiger partial charge in [0, 0.05) is 6.08 Å². The van der Waals surface area contributed by atoms with Crippen LogP contribution in [0.2, 0.25) is 0 Å². The SMILES string of the molecule is CCOC(=O)C=C(C)C=CCC(C)CCCC(C)C. The molecule has 0 spiro atoms. The molecule has 0 aromatic carbocycles. The molecular weight excluding hydrogens is 236 g/mol. The van der Waals surface area contributed by atoms with Gasteiger partial charge in [-0.25, -0.2) is 4.79 Å². The van der Waals surface area contributed by atoms with Crippen LogP contribution < -0.4 is 0 Å². The van der Waals surface area contributed by atoms with Crippen LogP contribution in [-0.2, 0) is 9.53 Å². The summed E-state index contributed by atoms with van der Waals surface area (Å²) in [7, 11) is 0. The molecule has 0 aromatic rings. The maximum absolute atomic E-state index is 11.2. The molecule has 0 rings (SSSR count). The van der Waals surface area contributed by atoms with Gasteiger partial charge in [-0.15, -0.1) is 0 Å². The van der Waals surface area contributed by atoms with E-state index in [1.54, 1.807) is 6.08 Å². The van der Waals surface area contributed by atoms with E-state index in [9.17, 15) is 4.79 Å². The smallest absolute Gasteiger partial charge is 0.330 e. The van der Waals surface area contributed by atoms with Gasteiger partial charge in [0.05, 0.1) is 6.61 Å². The normalized spacial score (nSPS) is 14.1. The molecule has 19 heavy (non-hydrogen) atoms. The standard InChI is InChI=1S/C17H30O2/c1-6-19-17(18)13-16(5)12-8-11-15(4)10-7-9-14(2)3/h8,12-15H,6-7,9-11H2,1-5H3. The van der Waals surface area contributed by atoms with Crippen LogP contribution in [-0.4, -0.2) is 12.6 Å². The van der Waals surface area contributed by atoms with Crippen molar-refractivity contribution < 1.29 is 9.53 Å². The maximum atomic E-state index is 11.2. The monoisotopic (exact) mass is 266 g/mol.